The number of rotatable bonds is 0. The molecule has 2 saturated heterocycles. The van der Waals surface area contributed by atoms with Gasteiger partial charge in [0.1, 0.15) is 12.2 Å². The van der Waals surface area contributed by atoms with Gasteiger partial charge in [-0.1, -0.05) is 0 Å². The molecule has 0 spiro atoms. The highest BCUT2D eigenvalue weighted by atomic mass is 79.9. The third-order valence-corrected chi connectivity index (χ3v) is 4.58. The molecule has 0 aromatic carbocycles. The van der Waals surface area contributed by atoms with Gasteiger partial charge in [0.25, 0.3) is 0 Å². The summed E-state index contributed by atoms with van der Waals surface area (Å²) in [5.74, 6) is -5.79. The molecule has 0 unspecified atom stereocenters. The monoisotopic (exact) mass is 316 g/mol. The second kappa shape index (κ2) is 3.12. The third-order valence-electron chi connectivity index (χ3n) is 3.65. The van der Waals surface area contributed by atoms with Crippen LogP contribution in [0.5, 0.6) is 0 Å². The van der Waals surface area contributed by atoms with E-state index < -0.39 is 45.5 Å². The van der Waals surface area contributed by atoms with Crippen molar-refractivity contribution in [3.05, 3.63) is 22.0 Å². The lowest BCUT2D eigenvalue weighted by atomic mass is 9.71. The largest absolute Gasteiger partial charge is 0.367 e. The van der Waals surface area contributed by atoms with Crippen LogP contribution in [0.1, 0.15) is 12.8 Å². The molecule has 17 heavy (non-hydrogen) atoms. The van der Waals surface area contributed by atoms with E-state index in [0.717, 1.165) is 0 Å². The van der Waals surface area contributed by atoms with E-state index in [1.54, 1.807) is 0 Å². The molecule has 2 heterocycles. The summed E-state index contributed by atoms with van der Waals surface area (Å²) in [6.07, 6.45) is -2.49. The van der Waals surface area contributed by atoms with Crippen molar-refractivity contribution in [3.8, 4) is 0 Å². The summed E-state index contributed by atoms with van der Waals surface area (Å²) in [6.45, 7) is 0. The van der Waals surface area contributed by atoms with Gasteiger partial charge in [-0.2, -0.15) is 0 Å². The predicted molar refractivity (Wildman–Crippen MR) is 51.9 cm³/mol. The molecule has 1 aliphatic carbocycles. The summed E-state index contributed by atoms with van der Waals surface area (Å²) < 4.78 is 73.1. The third kappa shape index (κ3) is 0.999. The smallest absolute Gasteiger partial charge is 0.231 e. The average Bonchev–Trinajstić information content (AvgIpc) is 2.87. The summed E-state index contributed by atoms with van der Waals surface area (Å²) in [5, 5.41) is 0. The van der Waals surface area contributed by atoms with Gasteiger partial charge in [0.15, 0.2) is 17.5 Å². The zero-order valence-electron chi connectivity index (χ0n) is 8.24. The Morgan fingerprint density at radius 3 is 2.12 bits per heavy atom. The molecule has 2 fully saturated rings. The lowest BCUT2D eigenvalue weighted by molar-refractivity contribution is -0.0142. The van der Waals surface area contributed by atoms with Gasteiger partial charge in [0, 0.05) is 0 Å². The molecule has 4 atom stereocenters. The molecule has 2 bridgehead atoms. The molecule has 7 heteroatoms. The highest BCUT2D eigenvalue weighted by Crippen LogP contribution is 2.64. The van der Waals surface area contributed by atoms with Crippen LogP contribution in [0.4, 0.5) is 22.0 Å². The number of hydrogen-bond acceptors (Lipinski definition) is 1. The van der Waals surface area contributed by atoms with Crippen LogP contribution in [0.2, 0.25) is 0 Å². The van der Waals surface area contributed by atoms with E-state index in [-0.39, 0.29) is 12.8 Å². The topological polar surface area (TPSA) is 9.23 Å². The number of ether oxygens (including phenoxy) is 1. The molecule has 1 nitrogen and oxygen atoms in total. The van der Waals surface area contributed by atoms with Crippen molar-refractivity contribution in [3.63, 3.8) is 0 Å². The molecule has 0 aromatic heterocycles. The highest BCUT2D eigenvalue weighted by Gasteiger charge is 2.78. The van der Waals surface area contributed by atoms with Gasteiger partial charge >= 0.3 is 0 Å². The summed E-state index contributed by atoms with van der Waals surface area (Å²) in [4.78, 5) is 0. The Bertz CT molecular complexity index is 433. The zero-order valence-corrected chi connectivity index (χ0v) is 9.83. The first-order chi connectivity index (χ1) is 7.85. The normalized spacial score (nSPS) is 49.1. The molecule has 0 N–H and O–H groups in total. The van der Waals surface area contributed by atoms with Crippen molar-refractivity contribution in [2.75, 3.05) is 0 Å². The molecule has 3 rings (SSSR count). The molecule has 0 aromatic rings. The first-order valence-corrected chi connectivity index (χ1v) is 5.79. The second-order valence-corrected chi connectivity index (χ2v) is 5.16. The van der Waals surface area contributed by atoms with E-state index in [9.17, 15) is 22.0 Å². The van der Waals surface area contributed by atoms with Gasteiger partial charge in [-0.05, 0) is 28.8 Å². The van der Waals surface area contributed by atoms with E-state index in [1.165, 1.54) is 0 Å². The highest BCUT2D eigenvalue weighted by molar-refractivity contribution is 9.11. The fourth-order valence-corrected chi connectivity index (χ4v) is 3.52. The quantitative estimate of drug-likeness (QED) is 0.619. The maximum absolute atomic E-state index is 14.6. The number of fused-ring (bicyclic) bond motifs is 5. The summed E-state index contributed by atoms with van der Waals surface area (Å²) in [7, 11) is 0. The van der Waals surface area contributed by atoms with E-state index in [1.807, 2.05) is 0 Å². The van der Waals surface area contributed by atoms with Crippen molar-refractivity contribution in [1.29, 1.82) is 0 Å². The summed E-state index contributed by atoms with van der Waals surface area (Å²) >= 11 is 2.49. The van der Waals surface area contributed by atoms with Gasteiger partial charge in [0.2, 0.25) is 11.3 Å². The molecule has 0 radical (unpaired) electrons. The van der Waals surface area contributed by atoms with Crippen molar-refractivity contribution >= 4 is 15.9 Å². The number of halogens is 6. The van der Waals surface area contributed by atoms with E-state index in [4.69, 9.17) is 4.74 Å². The lowest BCUT2D eigenvalue weighted by Crippen LogP contribution is -2.58. The maximum atomic E-state index is 14.6. The minimum atomic E-state index is -3.27. The van der Waals surface area contributed by atoms with Gasteiger partial charge in [0.05, 0.1) is 4.48 Å². The van der Waals surface area contributed by atoms with Crippen molar-refractivity contribution in [2.24, 2.45) is 0 Å². The van der Waals surface area contributed by atoms with Crippen LogP contribution < -0.4 is 0 Å². The summed E-state index contributed by atoms with van der Waals surface area (Å²) in [5.41, 5.74) is -6.28. The van der Waals surface area contributed by atoms with E-state index >= 15 is 0 Å². The van der Waals surface area contributed by atoms with Crippen molar-refractivity contribution < 1.29 is 26.7 Å². The number of alkyl halides is 2. The Hall–Kier alpha value is -0.430. The Labute approximate surface area is 101 Å². The molecule has 0 amide bonds. The van der Waals surface area contributed by atoms with Gasteiger partial charge < -0.3 is 4.74 Å². The van der Waals surface area contributed by atoms with Crippen molar-refractivity contribution in [1.82, 2.24) is 0 Å². The van der Waals surface area contributed by atoms with Crippen LogP contribution in [0.25, 0.3) is 0 Å². The predicted octanol–water partition coefficient (Wildman–Crippen LogP) is 3.70. The minimum absolute atomic E-state index is 0.0788. The SMILES string of the molecule is FC1=C(Br)[C@@]2(F)[C@@H]3CC[C@@H](O3)[C@@]2(F)C(F)=C1F. The Balaban J connectivity index is 2.29. The second-order valence-electron chi connectivity index (χ2n) is 4.37. The molecule has 2 aliphatic heterocycles. The average molecular weight is 317 g/mol. The van der Waals surface area contributed by atoms with Crippen LogP contribution >= 0.6 is 15.9 Å². The van der Waals surface area contributed by atoms with Crippen LogP contribution in [-0.4, -0.2) is 23.5 Å². The maximum Gasteiger partial charge on any atom is 0.231 e. The Morgan fingerprint density at radius 1 is 1.00 bits per heavy atom. The number of allylic oxidation sites excluding steroid dienone is 2. The van der Waals surface area contributed by atoms with Crippen LogP contribution in [0.15, 0.2) is 22.0 Å². The van der Waals surface area contributed by atoms with Gasteiger partial charge in [-0.15, -0.1) is 0 Å². The first-order valence-electron chi connectivity index (χ1n) is 5.00. The fourth-order valence-electron chi connectivity index (χ4n) is 2.81. The molecular formula is C10H6BrF5O. The van der Waals surface area contributed by atoms with Crippen LogP contribution in [0, 0.1) is 0 Å². The standard InChI is InChI=1S/C10H6BrF5O/c11-7-5(12)6(13)8(14)10(16)4-2-1-3(17-4)9(7,10)15/h3-4H,1-2H2/t3-,4+,9-,10+/m0/s1. The van der Waals surface area contributed by atoms with Crippen molar-refractivity contribution in [2.45, 2.75) is 36.4 Å². The van der Waals surface area contributed by atoms with E-state index in [0.29, 0.717) is 0 Å². The van der Waals surface area contributed by atoms with Crippen LogP contribution in [0.3, 0.4) is 0 Å². The fraction of sp³-hybridized carbons (Fsp3) is 0.600. The van der Waals surface area contributed by atoms with E-state index in [2.05, 4.69) is 15.9 Å². The van der Waals surface area contributed by atoms with Gasteiger partial charge in [-0.25, -0.2) is 22.0 Å². The zero-order chi connectivity index (χ0) is 12.6. The Kier molecular flexibility index (Phi) is 2.14. The number of hydrogen-bond donors (Lipinski definition) is 0. The molecule has 0 saturated carbocycles. The lowest BCUT2D eigenvalue weighted by Gasteiger charge is -2.40. The Morgan fingerprint density at radius 2 is 1.53 bits per heavy atom. The summed E-state index contributed by atoms with van der Waals surface area (Å²) in [6, 6.07) is 0. The van der Waals surface area contributed by atoms with Crippen LogP contribution in [-0.2, 0) is 4.74 Å². The molecule has 94 valence electrons. The minimum Gasteiger partial charge on any atom is -0.367 e. The molecular weight excluding hydrogens is 311 g/mol. The van der Waals surface area contributed by atoms with Gasteiger partial charge in [-0.3, -0.25) is 0 Å². The molecule has 3 aliphatic rings. The first kappa shape index (κ1) is 11.6.